The second kappa shape index (κ2) is 6.61. The molecule has 124 valence electrons. The Hall–Kier alpha value is -3.03. The lowest BCUT2D eigenvalue weighted by Crippen LogP contribution is -2.20. The van der Waals surface area contributed by atoms with Crippen LogP contribution in [0.5, 0.6) is 0 Å². The second-order valence-corrected chi connectivity index (χ2v) is 5.52. The van der Waals surface area contributed by atoms with Gasteiger partial charge in [0.25, 0.3) is 5.91 Å². The number of nitrogens with zero attached hydrogens (tertiary/aromatic N) is 6. The Kier molecular flexibility index (Phi) is 4.37. The minimum atomic E-state index is -0.254. The van der Waals surface area contributed by atoms with E-state index in [4.69, 9.17) is 0 Å². The molecule has 0 aliphatic carbocycles. The third kappa shape index (κ3) is 3.03. The molecule has 0 fully saturated rings. The van der Waals surface area contributed by atoms with Crippen LogP contribution in [0.2, 0.25) is 0 Å². The van der Waals surface area contributed by atoms with Crippen LogP contribution in [0.25, 0.3) is 11.4 Å². The van der Waals surface area contributed by atoms with Gasteiger partial charge < -0.3 is 5.32 Å². The van der Waals surface area contributed by atoms with Gasteiger partial charge in [-0.05, 0) is 37.6 Å². The molecule has 1 N–H and O–H groups in total. The van der Waals surface area contributed by atoms with E-state index in [1.165, 1.54) is 0 Å². The number of amides is 1. The van der Waals surface area contributed by atoms with Crippen LogP contribution >= 0.6 is 0 Å². The van der Waals surface area contributed by atoms with E-state index in [1.807, 2.05) is 20.0 Å². The first-order valence-electron chi connectivity index (χ1n) is 7.77. The molecule has 3 rings (SSSR count). The van der Waals surface area contributed by atoms with E-state index in [-0.39, 0.29) is 11.9 Å². The van der Waals surface area contributed by atoms with Gasteiger partial charge in [0.05, 0.1) is 5.69 Å². The van der Waals surface area contributed by atoms with Crippen molar-refractivity contribution in [1.82, 2.24) is 29.8 Å². The molecular formula is C16H19N7O. The number of hydrogen-bond acceptors (Lipinski definition) is 5. The predicted octanol–water partition coefficient (Wildman–Crippen LogP) is 2.30. The van der Waals surface area contributed by atoms with E-state index in [9.17, 15) is 4.79 Å². The van der Waals surface area contributed by atoms with E-state index < -0.39 is 0 Å². The van der Waals surface area contributed by atoms with Gasteiger partial charge >= 0.3 is 0 Å². The average molecular weight is 325 g/mol. The molecule has 0 saturated carbocycles. The largest absolute Gasteiger partial charge is 0.304 e. The van der Waals surface area contributed by atoms with Crippen molar-refractivity contribution in [3.8, 4) is 11.4 Å². The minimum absolute atomic E-state index is 0.152. The minimum Gasteiger partial charge on any atom is -0.304 e. The van der Waals surface area contributed by atoms with Crippen LogP contribution in [-0.2, 0) is 7.05 Å². The van der Waals surface area contributed by atoms with Gasteiger partial charge in [-0.25, -0.2) is 0 Å². The van der Waals surface area contributed by atoms with Crippen molar-refractivity contribution in [2.45, 2.75) is 26.3 Å². The van der Waals surface area contributed by atoms with E-state index >= 15 is 0 Å². The number of aryl methyl sites for hydroxylation is 1. The molecule has 3 aromatic heterocycles. The van der Waals surface area contributed by atoms with Gasteiger partial charge in [-0.15, -0.1) is 10.2 Å². The standard InChI is InChI=1S/C16H19N7O/c1-4-11(2)23-14(8-10-18-23)16(24)19-15-6-5-12(20-21-15)13-7-9-17-22(13)3/h5-11H,4H2,1-3H3,(H,19,21,24). The molecule has 0 spiro atoms. The fraction of sp³-hybridized carbons (Fsp3) is 0.312. The number of nitrogens with one attached hydrogen (secondary N) is 1. The predicted molar refractivity (Wildman–Crippen MR) is 89.4 cm³/mol. The van der Waals surface area contributed by atoms with E-state index in [2.05, 4.69) is 32.6 Å². The van der Waals surface area contributed by atoms with Gasteiger partial charge in [0.1, 0.15) is 11.4 Å². The highest BCUT2D eigenvalue weighted by atomic mass is 16.2. The molecule has 3 heterocycles. The normalized spacial score (nSPS) is 12.1. The summed E-state index contributed by atoms with van der Waals surface area (Å²) in [6.07, 6.45) is 4.21. The van der Waals surface area contributed by atoms with E-state index in [0.29, 0.717) is 17.2 Å². The van der Waals surface area contributed by atoms with Crippen molar-refractivity contribution in [2.75, 3.05) is 5.32 Å². The van der Waals surface area contributed by atoms with Crippen LogP contribution in [0.4, 0.5) is 5.82 Å². The lowest BCUT2D eigenvalue weighted by atomic mass is 10.2. The summed E-state index contributed by atoms with van der Waals surface area (Å²) in [7, 11) is 1.84. The van der Waals surface area contributed by atoms with Crippen LogP contribution < -0.4 is 5.32 Å². The first-order valence-corrected chi connectivity index (χ1v) is 7.77. The molecule has 0 bridgehead atoms. The van der Waals surface area contributed by atoms with Gasteiger partial charge in [-0.2, -0.15) is 10.2 Å². The van der Waals surface area contributed by atoms with Crippen molar-refractivity contribution < 1.29 is 4.79 Å². The van der Waals surface area contributed by atoms with Gasteiger partial charge in [-0.1, -0.05) is 6.92 Å². The highest BCUT2D eigenvalue weighted by Crippen LogP contribution is 2.17. The Balaban J connectivity index is 1.76. The van der Waals surface area contributed by atoms with Crippen molar-refractivity contribution in [2.24, 2.45) is 7.05 Å². The topological polar surface area (TPSA) is 90.5 Å². The molecule has 1 atom stereocenters. The Morgan fingerprint density at radius 2 is 1.96 bits per heavy atom. The Bertz CT molecular complexity index is 834. The van der Waals surface area contributed by atoms with Gasteiger partial charge in [0, 0.05) is 25.5 Å². The number of rotatable bonds is 5. The molecule has 1 amide bonds. The van der Waals surface area contributed by atoms with Crippen molar-refractivity contribution >= 4 is 11.7 Å². The van der Waals surface area contributed by atoms with Crippen LogP contribution in [0.3, 0.4) is 0 Å². The summed E-state index contributed by atoms with van der Waals surface area (Å²) in [6, 6.07) is 7.22. The maximum Gasteiger partial charge on any atom is 0.275 e. The summed E-state index contributed by atoms with van der Waals surface area (Å²) in [5.74, 6) is 0.137. The van der Waals surface area contributed by atoms with Crippen LogP contribution in [-0.4, -0.2) is 35.7 Å². The molecule has 3 aromatic rings. The number of hydrogen-bond donors (Lipinski definition) is 1. The van der Waals surface area contributed by atoms with Crippen molar-refractivity contribution in [3.05, 3.63) is 42.4 Å². The van der Waals surface area contributed by atoms with Gasteiger partial charge in [-0.3, -0.25) is 14.2 Å². The molecule has 24 heavy (non-hydrogen) atoms. The smallest absolute Gasteiger partial charge is 0.275 e. The molecule has 8 nitrogen and oxygen atoms in total. The molecule has 0 aliphatic heterocycles. The SMILES string of the molecule is CCC(C)n1nccc1C(=O)Nc1ccc(-c2ccnn2C)nn1. The molecule has 8 heteroatoms. The summed E-state index contributed by atoms with van der Waals surface area (Å²) in [4.78, 5) is 12.4. The van der Waals surface area contributed by atoms with Gasteiger partial charge in [0.2, 0.25) is 0 Å². The molecule has 0 aromatic carbocycles. The zero-order chi connectivity index (χ0) is 17.1. The lowest BCUT2D eigenvalue weighted by Gasteiger charge is -2.13. The molecular weight excluding hydrogens is 306 g/mol. The fourth-order valence-electron chi connectivity index (χ4n) is 2.36. The summed E-state index contributed by atoms with van der Waals surface area (Å²) in [6.45, 7) is 4.07. The number of anilines is 1. The Morgan fingerprint density at radius 3 is 2.58 bits per heavy atom. The monoisotopic (exact) mass is 325 g/mol. The maximum absolute atomic E-state index is 12.4. The maximum atomic E-state index is 12.4. The zero-order valence-electron chi connectivity index (χ0n) is 13.8. The Morgan fingerprint density at radius 1 is 1.17 bits per heavy atom. The summed E-state index contributed by atoms with van der Waals surface area (Å²) in [5, 5.41) is 19.3. The number of aromatic nitrogens is 6. The summed E-state index contributed by atoms with van der Waals surface area (Å²) >= 11 is 0. The van der Waals surface area contributed by atoms with E-state index in [0.717, 1.165) is 12.1 Å². The second-order valence-electron chi connectivity index (χ2n) is 5.52. The lowest BCUT2D eigenvalue weighted by molar-refractivity contribution is 0.101. The summed E-state index contributed by atoms with van der Waals surface area (Å²) < 4.78 is 3.43. The highest BCUT2D eigenvalue weighted by Gasteiger charge is 2.16. The van der Waals surface area contributed by atoms with Crippen LogP contribution in [0, 0.1) is 0 Å². The quantitative estimate of drug-likeness (QED) is 0.777. The molecule has 0 aliphatic rings. The zero-order valence-corrected chi connectivity index (χ0v) is 13.8. The number of carbonyl (C=O) groups excluding carboxylic acids is 1. The Labute approximate surface area is 139 Å². The van der Waals surface area contributed by atoms with Crippen LogP contribution in [0.15, 0.2) is 36.7 Å². The summed E-state index contributed by atoms with van der Waals surface area (Å²) in [5.41, 5.74) is 2.05. The molecule has 0 saturated heterocycles. The van der Waals surface area contributed by atoms with Crippen molar-refractivity contribution in [3.63, 3.8) is 0 Å². The third-order valence-electron chi connectivity index (χ3n) is 3.90. The first kappa shape index (κ1) is 15.9. The third-order valence-corrected chi connectivity index (χ3v) is 3.90. The molecule has 0 radical (unpaired) electrons. The average Bonchev–Trinajstić information content (AvgIpc) is 3.24. The highest BCUT2D eigenvalue weighted by molar-refractivity contribution is 6.02. The van der Waals surface area contributed by atoms with Gasteiger partial charge in [0.15, 0.2) is 5.82 Å². The van der Waals surface area contributed by atoms with Crippen LogP contribution in [0.1, 0.15) is 36.8 Å². The van der Waals surface area contributed by atoms with Crippen molar-refractivity contribution in [1.29, 1.82) is 0 Å². The molecule has 1 unspecified atom stereocenters. The fourth-order valence-corrected chi connectivity index (χ4v) is 2.36. The van der Waals surface area contributed by atoms with E-state index in [1.54, 1.807) is 40.0 Å². The first-order chi connectivity index (χ1) is 11.6. The number of carbonyl (C=O) groups is 1.